The quantitative estimate of drug-likeness (QED) is 0.924. The Hall–Kier alpha value is -1.61. The van der Waals surface area contributed by atoms with Crippen molar-refractivity contribution >= 4 is 0 Å². The first kappa shape index (κ1) is 15.8. The largest absolute Gasteiger partial charge is 0.306 e. The first-order chi connectivity index (χ1) is 9.77. The second-order valence-corrected chi connectivity index (χ2v) is 6.94. The van der Waals surface area contributed by atoms with E-state index >= 15 is 0 Å². The van der Waals surface area contributed by atoms with Gasteiger partial charge in [0.05, 0.1) is 5.69 Å². The van der Waals surface area contributed by atoms with Gasteiger partial charge in [-0.05, 0) is 19.4 Å². The fraction of sp³-hybridized carbons (Fsp3) is 0.500. The maximum absolute atomic E-state index is 4.62. The van der Waals surface area contributed by atoms with Gasteiger partial charge in [-0.3, -0.25) is 4.68 Å². The van der Waals surface area contributed by atoms with Crippen LogP contribution < -0.4 is 5.32 Å². The van der Waals surface area contributed by atoms with Crippen molar-refractivity contribution in [2.24, 2.45) is 7.05 Å². The highest BCUT2D eigenvalue weighted by Crippen LogP contribution is 2.24. The summed E-state index contributed by atoms with van der Waals surface area (Å²) in [4.78, 5) is 0. The van der Waals surface area contributed by atoms with E-state index < -0.39 is 0 Å². The van der Waals surface area contributed by atoms with E-state index in [0.29, 0.717) is 6.04 Å². The third-order valence-electron chi connectivity index (χ3n) is 3.79. The highest BCUT2D eigenvalue weighted by Gasteiger charge is 2.21. The molecule has 21 heavy (non-hydrogen) atoms. The van der Waals surface area contributed by atoms with Gasteiger partial charge in [-0.25, -0.2) is 0 Å². The highest BCUT2D eigenvalue weighted by atomic mass is 15.3. The molecule has 0 aliphatic heterocycles. The van der Waals surface area contributed by atoms with E-state index in [1.165, 1.54) is 22.4 Å². The van der Waals surface area contributed by atoms with E-state index in [-0.39, 0.29) is 5.41 Å². The Kier molecular flexibility index (Phi) is 4.52. The SMILES string of the molecule is Cc1ccc(C(C)NCc2cn(C)nc2C(C)(C)C)cc1. The van der Waals surface area contributed by atoms with Crippen LogP contribution in [-0.2, 0) is 19.0 Å². The van der Waals surface area contributed by atoms with Crippen molar-refractivity contribution in [1.82, 2.24) is 15.1 Å². The van der Waals surface area contributed by atoms with Crippen molar-refractivity contribution in [2.45, 2.75) is 52.6 Å². The Morgan fingerprint density at radius 1 is 1.19 bits per heavy atom. The molecule has 0 amide bonds. The van der Waals surface area contributed by atoms with E-state index in [0.717, 1.165) is 6.54 Å². The van der Waals surface area contributed by atoms with Crippen LogP contribution >= 0.6 is 0 Å². The number of aryl methyl sites for hydroxylation is 2. The molecule has 1 heterocycles. The van der Waals surface area contributed by atoms with Crippen LogP contribution in [0.2, 0.25) is 0 Å². The lowest BCUT2D eigenvalue weighted by atomic mass is 9.89. The predicted octanol–water partition coefficient (Wildman–Crippen LogP) is 3.88. The minimum Gasteiger partial charge on any atom is -0.306 e. The lowest BCUT2D eigenvalue weighted by molar-refractivity contribution is 0.531. The Morgan fingerprint density at radius 3 is 2.38 bits per heavy atom. The summed E-state index contributed by atoms with van der Waals surface area (Å²) in [6, 6.07) is 9.05. The number of hydrogen-bond acceptors (Lipinski definition) is 2. The molecule has 0 bridgehead atoms. The molecule has 2 aromatic rings. The maximum Gasteiger partial charge on any atom is 0.0722 e. The Labute approximate surface area is 128 Å². The lowest BCUT2D eigenvalue weighted by Gasteiger charge is -2.19. The summed E-state index contributed by atoms with van der Waals surface area (Å²) < 4.78 is 1.91. The van der Waals surface area contributed by atoms with E-state index in [9.17, 15) is 0 Å². The fourth-order valence-corrected chi connectivity index (χ4v) is 2.53. The summed E-state index contributed by atoms with van der Waals surface area (Å²) in [5, 5.41) is 8.23. The van der Waals surface area contributed by atoms with Gasteiger partial charge in [-0.1, -0.05) is 50.6 Å². The van der Waals surface area contributed by atoms with Crippen LogP contribution in [0, 0.1) is 6.92 Å². The zero-order valence-corrected chi connectivity index (χ0v) is 14.1. The molecule has 0 fully saturated rings. The number of nitrogens with zero attached hydrogens (tertiary/aromatic N) is 2. The molecule has 0 aliphatic carbocycles. The van der Waals surface area contributed by atoms with Crippen molar-refractivity contribution in [1.29, 1.82) is 0 Å². The van der Waals surface area contributed by atoms with E-state index in [1.54, 1.807) is 0 Å². The minimum atomic E-state index is 0.0748. The van der Waals surface area contributed by atoms with Crippen LogP contribution in [0.3, 0.4) is 0 Å². The van der Waals surface area contributed by atoms with Crippen LogP contribution in [0.25, 0.3) is 0 Å². The number of aromatic nitrogens is 2. The molecule has 3 heteroatoms. The third kappa shape index (κ3) is 3.94. The van der Waals surface area contributed by atoms with Gasteiger partial charge < -0.3 is 5.32 Å². The van der Waals surface area contributed by atoms with Crippen molar-refractivity contribution < 1.29 is 0 Å². The van der Waals surface area contributed by atoms with Gasteiger partial charge in [-0.15, -0.1) is 0 Å². The summed E-state index contributed by atoms with van der Waals surface area (Å²) in [5.74, 6) is 0. The molecule has 1 atom stereocenters. The predicted molar refractivity (Wildman–Crippen MR) is 88.3 cm³/mol. The summed E-state index contributed by atoms with van der Waals surface area (Å²) in [6.07, 6.45) is 2.12. The first-order valence-electron chi connectivity index (χ1n) is 7.60. The Morgan fingerprint density at radius 2 is 1.81 bits per heavy atom. The van der Waals surface area contributed by atoms with Gasteiger partial charge >= 0.3 is 0 Å². The Balaban J connectivity index is 2.08. The maximum atomic E-state index is 4.62. The standard InChI is InChI=1S/C18H27N3/c1-13-7-9-15(10-8-13)14(2)19-11-16-12-21(6)20-17(16)18(3,4)5/h7-10,12,14,19H,11H2,1-6H3. The van der Waals surface area contributed by atoms with Crippen molar-refractivity contribution in [3.8, 4) is 0 Å². The molecular formula is C18H27N3. The topological polar surface area (TPSA) is 29.9 Å². The van der Waals surface area contributed by atoms with Crippen molar-refractivity contribution in [3.05, 3.63) is 52.8 Å². The molecule has 1 unspecified atom stereocenters. The molecule has 0 saturated heterocycles. The average molecular weight is 285 g/mol. The van der Waals surface area contributed by atoms with Gasteiger partial charge in [0.2, 0.25) is 0 Å². The summed E-state index contributed by atoms with van der Waals surface area (Å²) in [5.41, 5.74) is 5.15. The van der Waals surface area contributed by atoms with E-state index in [1.807, 2.05) is 11.7 Å². The zero-order chi connectivity index (χ0) is 15.6. The van der Waals surface area contributed by atoms with Crippen LogP contribution in [-0.4, -0.2) is 9.78 Å². The molecule has 2 rings (SSSR count). The smallest absolute Gasteiger partial charge is 0.0722 e. The van der Waals surface area contributed by atoms with Crippen LogP contribution in [0.1, 0.15) is 56.1 Å². The first-order valence-corrected chi connectivity index (χ1v) is 7.60. The van der Waals surface area contributed by atoms with Gasteiger partial charge in [0.25, 0.3) is 0 Å². The highest BCUT2D eigenvalue weighted by molar-refractivity contribution is 5.26. The van der Waals surface area contributed by atoms with Gasteiger partial charge in [0.1, 0.15) is 0 Å². The average Bonchev–Trinajstić information content (AvgIpc) is 2.78. The summed E-state index contributed by atoms with van der Waals surface area (Å²) in [6.45, 7) is 11.8. The number of nitrogens with one attached hydrogen (secondary N) is 1. The molecule has 1 N–H and O–H groups in total. The van der Waals surface area contributed by atoms with Crippen LogP contribution in [0.5, 0.6) is 0 Å². The lowest BCUT2D eigenvalue weighted by Crippen LogP contribution is -2.21. The van der Waals surface area contributed by atoms with Crippen LogP contribution in [0.4, 0.5) is 0 Å². The van der Waals surface area contributed by atoms with Gasteiger partial charge in [-0.2, -0.15) is 5.10 Å². The Bertz CT molecular complexity index is 588. The van der Waals surface area contributed by atoms with E-state index in [4.69, 9.17) is 0 Å². The molecule has 0 radical (unpaired) electrons. The van der Waals surface area contributed by atoms with Gasteiger partial charge in [0, 0.05) is 36.8 Å². The zero-order valence-electron chi connectivity index (χ0n) is 14.1. The minimum absolute atomic E-state index is 0.0748. The molecule has 3 nitrogen and oxygen atoms in total. The van der Waals surface area contributed by atoms with Gasteiger partial charge in [0.15, 0.2) is 0 Å². The summed E-state index contributed by atoms with van der Waals surface area (Å²) in [7, 11) is 1.99. The molecule has 1 aromatic heterocycles. The monoisotopic (exact) mass is 285 g/mol. The van der Waals surface area contributed by atoms with Crippen molar-refractivity contribution in [2.75, 3.05) is 0 Å². The molecule has 0 aliphatic rings. The molecular weight excluding hydrogens is 258 g/mol. The third-order valence-corrected chi connectivity index (χ3v) is 3.79. The molecule has 114 valence electrons. The normalized spacial score (nSPS) is 13.4. The summed E-state index contributed by atoms with van der Waals surface area (Å²) >= 11 is 0. The molecule has 1 aromatic carbocycles. The van der Waals surface area contributed by atoms with Crippen molar-refractivity contribution in [3.63, 3.8) is 0 Å². The van der Waals surface area contributed by atoms with Crippen LogP contribution in [0.15, 0.2) is 30.5 Å². The fourth-order valence-electron chi connectivity index (χ4n) is 2.53. The van der Waals surface area contributed by atoms with E-state index in [2.05, 4.69) is 75.5 Å². The number of hydrogen-bond donors (Lipinski definition) is 1. The molecule has 0 saturated carbocycles. The second-order valence-electron chi connectivity index (χ2n) is 6.94. The number of rotatable bonds is 4. The second kappa shape index (κ2) is 6.02. The number of benzene rings is 1. The molecule has 0 spiro atoms.